The molecule has 1 N–H and O–H groups in total. The molecule has 0 unspecified atom stereocenters. The lowest BCUT2D eigenvalue weighted by molar-refractivity contribution is 0.105. The molecule has 1 heterocycles. The average Bonchev–Trinajstić information content (AvgIpc) is 2.69. The van der Waals surface area contributed by atoms with Crippen LogP contribution in [-0.2, 0) is 24.4 Å². The third-order valence-corrected chi connectivity index (χ3v) is 5.22. The molecule has 148 valence electrons. The quantitative estimate of drug-likeness (QED) is 0.549. The predicted octanol–water partition coefficient (Wildman–Crippen LogP) is 5.33. The molecule has 2 rings (SSSR count). The van der Waals surface area contributed by atoms with Crippen molar-refractivity contribution in [1.82, 2.24) is 10.2 Å². The molecule has 0 aliphatic carbocycles. The van der Waals surface area contributed by atoms with Gasteiger partial charge in [-0.1, -0.05) is 82.7 Å². The summed E-state index contributed by atoms with van der Waals surface area (Å²) in [6.45, 7) is 7.31. The maximum Gasteiger partial charge on any atom is 0.269 e. The molecule has 27 heavy (non-hydrogen) atoms. The van der Waals surface area contributed by atoms with E-state index in [1.165, 1.54) is 38.5 Å². The van der Waals surface area contributed by atoms with Gasteiger partial charge in [-0.25, -0.2) is 5.10 Å². The van der Waals surface area contributed by atoms with Gasteiger partial charge in [0.2, 0.25) is 0 Å². The van der Waals surface area contributed by atoms with E-state index in [9.17, 15) is 4.79 Å². The molecular formula is C23H34N2O2. The molecule has 4 nitrogen and oxygen atoms in total. The summed E-state index contributed by atoms with van der Waals surface area (Å²) in [5.41, 5.74) is 3.69. The fourth-order valence-corrected chi connectivity index (χ4v) is 3.44. The van der Waals surface area contributed by atoms with Crippen LogP contribution in [0, 0.1) is 12.8 Å². The number of ether oxygens (including phenoxy) is 1. The molecule has 4 heteroatoms. The first-order chi connectivity index (χ1) is 13.2. The summed E-state index contributed by atoms with van der Waals surface area (Å²) in [5.74, 6) is 0.639. The van der Waals surface area contributed by atoms with Crippen LogP contribution in [0.2, 0.25) is 0 Å². The van der Waals surface area contributed by atoms with Gasteiger partial charge in [0.05, 0.1) is 18.9 Å². The summed E-state index contributed by atoms with van der Waals surface area (Å²) in [7, 11) is 0. The van der Waals surface area contributed by atoms with Crippen molar-refractivity contribution < 1.29 is 4.74 Å². The van der Waals surface area contributed by atoms with E-state index >= 15 is 0 Å². The van der Waals surface area contributed by atoms with Gasteiger partial charge in [0.25, 0.3) is 5.56 Å². The summed E-state index contributed by atoms with van der Waals surface area (Å²) in [6, 6.07) is 10.0. The van der Waals surface area contributed by atoms with Gasteiger partial charge < -0.3 is 4.74 Å². The largest absolute Gasteiger partial charge is 0.372 e. The Kier molecular flexibility index (Phi) is 9.26. The van der Waals surface area contributed by atoms with E-state index in [0.29, 0.717) is 24.7 Å². The zero-order chi connectivity index (χ0) is 19.5. The summed E-state index contributed by atoms with van der Waals surface area (Å²) in [6.07, 6.45) is 8.35. The standard InChI is InChI=1S/C23H34N2O2/c1-4-6-11-19(12-7-5-2)15-22-18(3)21(23(26)25-24-22)17-27-16-20-13-9-8-10-14-20/h8-10,13-14,19H,4-7,11-12,15-17H2,1-3H3,(H,25,26). The van der Waals surface area contributed by atoms with Crippen molar-refractivity contribution in [2.45, 2.75) is 78.9 Å². The van der Waals surface area contributed by atoms with Crippen LogP contribution in [0.5, 0.6) is 0 Å². The highest BCUT2D eigenvalue weighted by Crippen LogP contribution is 2.22. The predicted molar refractivity (Wildman–Crippen MR) is 111 cm³/mol. The van der Waals surface area contributed by atoms with Crippen molar-refractivity contribution in [1.29, 1.82) is 0 Å². The van der Waals surface area contributed by atoms with Crippen LogP contribution in [0.1, 0.15) is 74.8 Å². The van der Waals surface area contributed by atoms with E-state index in [-0.39, 0.29) is 5.56 Å². The average molecular weight is 371 g/mol. The Morgan fingerprint density at radius 1 is 1.04 bits per heavy atom. The second-order valence-electron chi connectivity index (χ2n) is 7.44. The fraction of sp³-hybridized carbons (Fsp3) is 0.565. The van der Waals surface area contributed by atoms with Crippen LogP contribution in [0.15, 0.2) is 35.1 Å². The molecule has 1 aromatic heterocycles. The number of hydrogen-bond acceptors (Lipinski definition) is 3. The topological polar surface area (TPSA) is 55.0 Å². The number of nitrogens with one attached hydrogen (secondary N) is 1. The van der Waals surface area contributed by atoms with Crippen molar-refractivity contribution in [2.75, 3.05) is 0 Å². The molecule has 0 fully saturated rings. The maximum absolute atomic E-state index is 12.3. The Morgan fingerprint density at radius 3 is 2.33 bits per heavy atom. The smallest absolute Gasteiger partial charge is 0.269 e. The first kappa shape index (κ1) is 21.4. The Balaban J connectivity index is 2.04. The highest BCUT2D eigenvalue weighted by atomic mass is 16.5. The van der Waals surface area contributed by atoms with Crippen molar-refractivity contribution in [3.63, 3.8) is 0 Å². The van der Waals surface area contributed by atoms with Gasteiger partial charge in [-0.15, -0.1) is 0 Å². The van der Waals surface area contributed by atoms with Gasteiger partial charge in [0, 0.05) is 5.56 Å². The van der Waals surface area contributed by atoms with Gasteiger partial charge in [-0.2, -0.15) is 5.10 Å². The maximum atomic E-state index is 12.3. The van der Waals surface area contributed by atoms with E-state index in [2.05, 4.69) is 24.0 Å². The lowest BCUT2D eigenvalue weighted by Crippen LogP contribution is -2.21. The lowest BCUT2D eigenvalue weighted by atomic mass is 9.90. The first-order valence-corrected chi connectivity index (χ1v) is 10.3. The Morgan fingerprint density at radius 2 is 1.70 bits per heavy atom. The molecule has 0 saturated carbocycles. The highest BCUT2D eigenvalue weighted by Gasteiger charge is 2.16. The number of H-pyrrole nitrogens is 1. The van der Waals surface area contributed by atoms with Crippen LogP contribution >= 0.6 is 0 Å². The number of nitrogens with zero attached hydrogens (tertiary/aromatic N) is 1. The van der Waals surface area contributed by atoms with Crippen molar-refractivity contribution in [2.24, 2.45) is 5.92 Å². The fourth-order valence-electron chi connectivity index (χ4n) is 3.44. The Bertz CT molecular complexity index is 717. The SMILES string of the molecule is CCCCC(CCCC)Cc1n[nH]c(=O)c(COCc2ccccc2)c1C. The first-order valence-electron chi connectivity index (χ1n) is 10.3. The van der Waals surface area contributed by atoms with Crippen molar-refractivity contribution in [3.8, 4) is 0 Å². The second kappa shape index (κ2) is 11.7. The van der Waals surface area contributed by atoms with E-state index in [0.717, 1.165) is 23.2 Å². The number of aromatic amines is 1. The van der Waals surface area contributed by atoms with Gasteiger partial charge in [0.15, 0.2) is 0 Å². The van der Waals surface area contributed by atoms with E-state index in [1.807, 2.05) is 37.3 Å². The highest BCUT2D eigenvalue weighted by molar-refractivity contribution is 5.26. The third kappa shape index (κ3) is 6.94. The van der Waals surface area contributed by atoms with E-state index in [4.69, 9.17) is 4.74 Å². The molecule has 2 aromatic rings. The van der Waals surface area contributed by atoms with Gasteiger partial charge in [-0.3, -0.25) is 4.79 Å². The molecule has 0 spiro atoms. The van der Waals surface area contributed by atoms with E-state index in [1.54, 1.807) is 0 Å². The van der Waals surface area contributed by atoms with Crippen LogP contribution in [0.3, 0.4) is 0 Å². The molecule has 0 aliphatic rings. The molecule has 1 aromatic carbocycles. The molecule has 0 bridgehead atoms. The number of rotatable bonds is 12. The minimum Gasteiger partial charge on any atom is -0.372 e. The van der Waals surface area contributed by atoms with Gasteiger partial charge in [-0.05, 0) is 30.4 Å². The summed E-state index contributed by atoms with van der Waals surface area (Å²) >= 11 is 0. The van der Waals surface area contributed by atoms with Crippen LogP contribution < -0.4 is 5.56 Å². The van der Waals surface area contributed by atoms with Crippen molar-refractivity contribution in [3.05, 3.63) is 63.1 Å². The zero-order valence-corrected chi connectivity index (χ0v) is 17.1. The normalized spacial score (nSPS) is 11.3. The zero-order valence-electron chi connectivity index (χ0n) is 17.1. The van der Waals surface area contributed by atoms with Gasteiger partial charge >= 0.3 is 0 Å². The summed E-state index contributed by atoms with van der Waals surface area (Å²) < 4.78 is 5.81. The molecule has 0 radical (unpaired) electrons. The minimum atomic E-state index is -0.136. The number of hydrogen-bond donors (Lipinski definition) is 1. The molecule has 0 amide bonds. The minimum absolute atomic E-state index is 0.136. The summed E-state index contributed by atoms with van der Waals surface area (Å²) in [4.78, 5) is 12.3. The van der Waals surface area contributed by atoms with Crippen LogP contribution in [0.25, 0.3) is 0 Å². The number of aromatic nitrogens is 2. The lowest BCUT2D eigenvalue weighted by Gasteiger charge is -2.18. The Hall–Kier alpha value is -1.94. The second-order valence-corrected chi connectivity index (χ2v) is 7.44. The molecular weight excluding hydrogens is 336 g/mol. The Labute approximate surface area is 163 Å². The molecule has 0 atom stereocenters. The van der Waals surface area contributed by atoms with E-state index < -0.39 is 0 Å². The molecule has 0 saturated heterocycles. The monoisotopic (exact) mass is 370 g/mol. The number of benzene rings is 1. The number of unbranched alkanes of at least 4 members (excludes halogenated alkanes) is 2. The van der Waals surface area contributed by atoms with Crippen LogP contribution in [0.4, 0.5) is 0 Å². The molecule has 0 aliphatic heterocycles. The third-order valence-electron chi connectivity index (χ3n) is 5.22. The summed E-state index contributed by atoms with van der Waals surface area (Å²) in [5, 5.41) is 7.06. The van der Waals surface area contributed by atoms with Gasteiger partial charge in [0.1, 0.15) is 0 Å². The van der Waals surface area contributed by atoms with Crippen molar-refractivity contribution >= 4 is 0 Å². The van der Waals surface area contributed by atoms with Crippen LogP contribution in [-0.4, -0.2) is 10.2 Å².